The van der Waals surface area contributed by atoms with Crippen LogP contribution in [-0.2, 0) is 18.6 Å². The van der Waals surface area contributed by atoms with Gasteiger partial charge in [0.05, 0.1) is 19.0 Å². The third-order valence-electron chi connectivity index (χ3n) is 4.46. The molecule has 116 valence electrons. The van der Waals surface area contributed by atoms with E-state index in [0.29, 0.717) is 6.61 Å². The van der Waals surface area contributed by atoms with Crippen LogP contribution in [0.3, 0.4) is 0 Å². The second-order valence-corrected chi connectivity index (χ2v) is 12.4. The van der Waals surface area contributed by atoms with Crippen LogP contribution < -0.4 is 0 Å². The van der Waals surface area contributed by atoms with Gasteiger partial charge in [0.2, 0.25) is 0 Å². The minimum absolute atomic E-state index is 0.0576. The molecule has 0 aromatic heterocycles. The van der Waals surface area contributed by atoms with Crippen molar-refractivity contribution in [2.45, 2.75) is 76.8 Å². The molecule has 1 fully saturated rings. The number of hydrogen-bond acceptors (Lipinski definition) is 4. The van der Waals surface area contributed by atoms with E-state index in [1.54, 1.807) is 6.26 Å². The lowest BCUT2D eigenvalue weighted by molar-refractivity contribution is -0.317. The Morgan fingerprint density at radius 2 is 1.90 bits per heavy atom. The van der Waals surface area contributed by atoms with Crippen LogP contribution in [0.2, 0.25) is 18.1 Å². The van der Waals surface area contributed by atoms with Crippen molar-refractivity contribution in [3.63, 3.8) is 0 Å². The summed E-state index contributed by atoms with van der Waals surface area (Å²) >= 11 is 0. The van der Waals surface area contributed by atoms with E-state index in [0.717, 1.165) is 0 Å². The van der Waals surface area contributed by atoms with Crippen LogP contribution in [0.4, 0.5) is 0 Å². The minimum atomic E-state index is -1.84. The number of ether oxygens (including phenoxy) is 3. The van der Waals surface area contributed by atoms with E-state index in [1.807, 2.05) is 19.9 Å². The molecule has 0 N–H and O–H groups in total. The average Bonchev–Trinajstić information content (AvgIpc) is 2.27. The molecule has 0 aromatic carbocycles. The zero-order chi connectivity index (χ0) is 15.2. The predicted molar refractivity (Wildman–Crippen MR) is 81.0 cm³/mol. The Labute approximate surface area is 123 Å². The molecule has 1 saturated heterocycles. The van der Waals surface area contributed by atoms with E-state index < -0.39 is 14.1 Å². The molecule has 0 radical (unpaired) electrons. The highest BCUT2D eigenvalue weighted by atomic mass is 28.4. The van der Waals surface area contributed by atoms with Gasteiger partial charge in [-0.15, -0.1) is 0 Å². The first-order valence-electron chi connectivity index (χ1n) is 7.34. The summed E-state index contributed by atoms with van der Waals surface area (Å²) in [6, 6.07) is 0. The number of rotatable bonds is 2. The van der Waals surface area contributed by atoms with Crippen molar-refractivity contribution in [1.82, 2.24) is 0 Å². The Morgan fingerprint density at radius 1 is 1.25 bits per heavy atom. The van der Waals surface area contributed by atoms with Crippen molar-refractivity contribution in [3.8, 4) is 0 Å². The molecule has 0 aromatic rings. The van der Waals surface area contributed by atoms with Gasteiger partial charge in [-0.25, -0.2) is 0 Å². The van der Waals surface area contributed by atoms with E-state index in [-0.39, 0.29) is 23.4 Å². The second-order valence-electron chi connectivity index (χ2n) is 7.64. The lowest BCUT2D eigenvalue weighted by Crippen LogP contribution is -2.58. The summed E-state index contributed by atoms with van der Waals surface area (Å²) in [5.74, 6) is -0.579. The van der Waals surface area contributed by atoms with E-state index in [2.05, 4.69) is 33.9 Å². The fraction of sp³-hybridized carbons (Fsp3) is 0.867. The monoisotopic (exact) mass is 300 g/mol. The van der Waals surface area contributed by atoms with E-state index in [9.17, 15) is 0 Å². The van der Waals surface area contributed by atoms with Gasteiger partial charge < -0.3 is 18.6 Å². The highest BCUT2D eigenvalue weighted by molar-refractivity contribution is 6.74. The van der Waals surface area contributed by atoms with Crippen molar-refractivity contribution in [1.29, 1.82) is 0 Å². The first-order chi connectivity index (χ1) is 9.02. The van der Waals surface area contributed by atoms with Crippen LogP contribution in [0.1, 0.15) is 34.6 Å². The van der Waals surface area contributed by atoms with Crippen LogP contribution in [-0.4, -0.2) is 39.0 Å². The Balaban J connectivity index is 2.14. The summed E-state index contributed by atoms with van der Waals surface area (Å²) in [7, 11) is -1.84. The van der Waals surface area contributed by atoms with Gasteiger partial charge in [0.25, 0.3) is 0 Å². The number of fused-ring (bicyclic) bond motifs is 1. The largest absolute Gasteiger partial charge is 0.493 e. The lowest BCUT2D eigenvalue weighted by atomic mass is 10.0. The highest BCUT2D eigenvalue weighted by Gasteiger charge is 2.47. The molecule has 20 heavy (non-hydrogen) atoms. The van der Waals surface area contributed by atoms with Crippen LogP contribution in [0.5, 0.6) is 0 Å². The van der Waals surface area contributed by atoms with Gasteiger partial charge in [0.15, 0.2) is 20.2 Å². The molecule has 4 nitrogen and oxygen atoms in total. The zero-order valence-electron chi connectivity index (χ0n) is 13.7. The Hall–Kier alpha value is -0.363. The van der Waals surface area contributed by atoms with E-state index in [4.69, 9.17) is 18.6 Å². The average molecular weight is 300 g/mol. The van der Waals surface area contributed by atoms with E-state index >= 15 is 0 Å². The Kier molecular flexibility index (Phi) is 4.10. The van der Waals surface area contributed by atoms with Crippen LogP contribution >= 0.6 is 0 Å². The second kappa shape index (κ2) is 5.12. The molecule has 0 unspecified atom stereocenters. The first kappa shape index (κ1) is 16.0. The van der Waals surface area contributed by atoms with Gasteiger partial charge >= 0.3 is 0 Å². The van der Waals surface area contributed by atoms with Crippen LogP contribution in [0.25, 0.3) is 0 Å². The van der Waals surface area contributed by atoms with Crippen molar-refractivity contribution in [3.05, 3.63) is 12.3 Å². The van der Waals surface area contributed by atoms with E-state index in [1.165, 1.54) is 0 Å². The fourth-order valence-corrected chi connectivity index (χ4v) is 3.41. The molecular formula is C15H28O4Si. The quantitative estimate of drug-likeness (QED) is 0.732. The summed E-state index contributed by atoms with van der Waals surface area (Å²) in [4.78, 5) is 0. The van der Waals surface area contributed by atoms with Crippen molar-refractivity contribution < 1.29 is 18.6 Å². The molecule has 3 atom stereocenters. The summed E-state index contributed by atoms with van der Waals surface area (Å²) in [5, 5.41) is 0.176. The summed E-state index contributed by atoms with van der Waals surface area (Å²) in [5.41, 5.74) is 0. The Bertz CT molecular complexity index is 384. The smallest absolute Gasteiger partial charge is 0.193 e. The minimum Gasteiger partial charge on any atom is -0.493 e. The summed E-state index contributed by atoms with van der Waals surface area (Å²) in [6.07, 6.45) is 3.46. The molecule has 0 bridgehead atoms. The molecule has 0 amide bonds. The first-order valence-corrected chi connectivity index (χ1v) is 10.2. The lowest BCUT2D eigenvalue weighted by Gasteiger charge is -2.47. The van der Waals surface area contributed by atoms with Gasteiger partial charge in [-0.05, 0) is 38.1 Å². The maximum atomic E-state index is 6.50. The molecule has 0 spiro atoms. The van der Waals surface area contributed by atoms with Crippen molar-refractivity contribution >= 4 is 8.32 Å². The third-order valence-corrected chi connectivity index (χ3v) is 8.94. The Morgan fingerprint density at radius 3 is 2.50 bits per heavy atom. The highest BCUT2D eigenvalue weighted by Crippen LogP contribution is 2.39. The fourth-order valence-electron chi connectivity index (χ4n) is 2.17. The maximum Gasteiger partial charge on any atom is 0.193 e. The van der Waals surface area contributed by atoms with Gasteiger partial charge in [-0.1, -0.05) is 20.8 Å². The van der Waals surface area contributed by atoms with Crippen LogP contribution in [0.15, 0.2) is 12.3 Å². The summed E-state index contributed by atoms with van der Waals surface area (Å²) < 4.78 is 23.8. The maximum absolute atomic E-state index is 6.50. The number of hydrogen-bond donors (Lipinski definition) is 0. The standard InChI is InChI=1S/C15H28O4Si/c1-14(2,3)20(6,7)19-11-8-9-16-12-10-17-15(4,5)18-13(11)12/h8-9,11-13H,10H2,1-7H3/t11-,12+,13-/m0/s1. The SMILES string of the molecule is CC1(C)OC[C@H]2OC=C[C@H](O[Si](C)(C)C(C)(C)C)[C@@H]2O1. The predicted octanol–water partition coefficient (Wildman–Crippen LogP) is 3.44. The molecular weight excluding hydrogens is 272 g/mol. The molecule has 0 saturated carbocycles. The van der Waals surface area contributed by atoms with Gasteiger partial charge in [-0.3, -0.25) is 0 Å². The normalized spacial score (nSPS) is 33.5. The zero-order valence-corrected chi connectivity index (χ0v) is 14.7. The summed E-state index contributed by atoms with van der Waals surface area (Å²) in [6.45, 7) is 15.7. The molecule has 0 aliphatic carbocycles. The molecule has 2 aliphatic rings. The van der Waals surface area contributed by atoms with Crippen molar-refractivity contribution in [2.24, 2.45) is 0 Å². The van der Waals surface area contributed by atoms with Gasteiger partial charge in [-0.2, -0.15) is 0 Å². The third kappa shape index (κ3) is 3.27. The van der Waals surface area contributed by atoms with Crippen molar-refractivity contribution in [2.75, 3.05) is 6.61 Å². The van der Waals surface area contributed by atoms with Crippen LogP contribution in [0, 0.1) is 0 Å². The molecule has 5 heteroatoms. The van der Waals surface area contributed by atoms with Gasteiger partial charge in [0, 0.05) is 0 Å². The molecule has 2 rings (SSSR count). The van der Waals surface area contributed by atoms with Gasteiger partial charge in [0.1, 0.15) is 6.10 Å². The topological polar surface area (TPSA) is 36.9 Å². The molecule has 2 heterocycles. The molecule has 2 aliphatic heterocycles.